The van der Waals surface area contributed by atoms with E-state index >= 15 is 0 Å². The first kappa shape index (κ1) is 15.4. The highest BCUT2D eigenvalue weighted by atomic mass is 79.9. The van der Waals surface area contributed by atoms with Crippen molar-refractivity contribution in [3.05, 3.63) is 22.3 Å². The molecule has 0 radical (unpaired) electrons. The van der Waals surface area contributed by atoms with E-state index in [1.165, 1.54) is 0 Å². The number of amides is 1. The van der Waals surface area contributed by atoms with Gasteiger partial charge in [-0.05, 0) is 47.8 Å². The third-order valence-corrected chi connectivity index (χ3v) is 3.93. The van der Waals surface area contributed by atoms with Crippen molar-refractivity contribution in [2.24, 2.45) is 0 Å². The zero-order valence-corrected chi connectivity index (χ0v) is 13.1. The predicted octanol–water partition coefficient (Wildman–Crippen LogP) is 2.68. The van der Waals surface area contributed by atoms with E-state index in [0.717, 1.165) is 29.6 Å². The van der Waals surface area contributed by atoms with Crippen LogP contribution in [0.3, 0.4) is 0 Å². The third kappa shape index (κ3) is 4.85. The van der Waals surface area contributed by atoms with E-state index in [-0.39, 0.29) is 12.0 Å². The van der Waals surface area contributed by atoms with Gasteiger partial charge >= 0.3 is 0 Å². The number of halogens is 1. The number of carbonyl (C=O) groups is 1. The highest BCUT2D eigenvalue weighted by molar-refractivity contribution is 9.10. The molecule has 0 bridgehead atoms. The smallest absolute Gasteiger partial charge is 0.227 e. The molecule has 2 rings (SSSR count). The normalized spacial score (nSPS) is 18.2. The molecule has 1 aromatic rings. The van der Waals surface area contributed by atoms with Gasteiger partial charge in [-0.3, -0.25) is 4.79 Å². The Hall–Kier alpha value is -0.980. The molecule has 6 heteroatoms. The van der Waals surface area contributed by atoms with Crippen molar-refractivity contribution in [2.45, 2.75) is 32.3 Å². The summed E-state index contributed by atoms with van der Waals surface area (Å²) in [6.07, 6.45) is 2.68. The number of hydrogen-bond acceptors (Lipinski definition) is 4. The first-order chi connectivity index (χ1) is 9.65. The highest BCUT2D eigenvalue weighted by Crippen LogP contribution is 2.16. The van der Waals surface area contributed by atoms with E-state index in [1.807, 2.05) is 13.0 Å². The largest absolute Gasteiger partial charge is 0.378 e. The van der Waals surface area contributed by atoms with Gasteiger partial charge in [0.15, 0.2) is 0 Å². The fourth-order valence-corrected chi connectivity index (χ4v) is 2.20. The second-order valence-corrected chi connectivity index (χ2v) is 5.63. The molecule has 2 heterocycles. The molecule has 0 saturated carbocycles. The molecule has 1 saturated heterocycles. The molecule has 1 unspecified atom stereocenters. The summed E-state index contributed by atoms with van der Waals surface area (Å²) < 4.78 is 11.8. The Balaban J connectivity index is 1.65. The summed E-state index contributed by atoms with van der Waals surface area (Å²) in [4.78, 5) is 16.0. The van der Waals surface area contributed by atoms with Crippen LogP contribution in [0, 0.1) is 6.92 Å². The summed E-state index contributed by atoms with van der Waals surface area (Å²) in [5.41, 5.74) is 0.845. The minimum atomic E-state index is -0.0911. The van der Waals surface area contributed by atoms with Gasteiger partial charge in [-0.15, -0.1) is 0 Å². The maximum absolute atomic E-state index is 11.7. The van der Waals surface area contributed by atoms with Gasteiger partial charge in [0, 0.05) is 11.1 Å². The number of nitrogens with zero attached hydrogens (tertiary/aromatic N) is 1. The van der Waals surface area contributed by atoms with E-state index in [0.29, 0.717) is 25.5 Å². The number of hydrogen-bond donors (Lipinski definition) is 1. The third-order valence-electron chi connectivity index (χ3n) is 3.09. The van der Waals surface area contributed by atoms with Crippen molar-refractivity contribution in [3.63, 3.8) is 0 Å². The predicted molar refractivity (Wildman–Crippen MR) is 79.7 cm³/mol. The van der Waals surface area contributed by atoms with E-state index in [2.05, 4.69) is 26.2 Å². The topological polar surface area (TPSA) is 60.5 Å². The van der Waals surface area contributed by atoms with E-state index < -0.39 is 0 Å². The van der Waals surface area contributed by atoms with Crippen LogP contribution in [0.5, 0.6) is 0 Å². The number of pyridine rings is 1. The molecule has 0 aromatic carbocycles. The molecule has 5 nitrogen and oxygen atoms in total. The number of carbonyl (C=O) groups excluding carboxylic acids is 1. The lowest BCUT2D eigenvalue weighted by Gasteiger charge is -2.10. The average molecular weight is 343 g/mol. The summed E-state index contributed by atoms with van der Waals surface area (Å²) in [7, 11) is 0. The molecule has 1 aliphatic heterocycles. The Morgan fingerprint density at radius 1 is 1.60 bits per heavy atom. The van der Waals surface area contributed by atoms with Crippen molar-refractivity contribution >= 4 is 27.7 Å². The number of aryl methyl sites for hydroxylation is 1. The monoisotopic (exact) mass is 342 g/mol. The lowest BCUT2D eigenvalue weighted by atomic mass is 10.2. The van der Waals surface area contributed by atoms with Crippen molar-refractivity contribution in [3.8, 4) is 0 Å². The van der Waals surface area contributed by atoms with Crippen LogP contribution < -0.4 is 5.32 Å². The second kappa shape index (κ2) is 7.71. The Morgan fingerprint density at radius 3 is 3.15 bits per heavy atom. The van der Waals surface area contributed by atoms with Crippen LogP contribution >= 0.6 is 15.9 Å². The summed E-state index contributed by atoms with van der Waals surface area (Å²) in [6.45, 7) is 3.68. The summed E-state index contributed by atoms with van der Waals surface area (Å²) in [5.74, 6) is 0.474. The molecule has 1 aromatic heterocycles. The van der Waals surface area contributed by atoms with Crippen LogP contribution in [-0.4, -0.2) is 36.8 Å². The molecule has 0 aliphatic carbocycles. The number of rotatable bonds is 6. The van der Waals surface area contributed by atoms with Crippen LogP contribution in [-0.2, 0) is 14.3 Å². The fourth-order valence-electron chi connectivity index (χ4n) is 1.97. The maximum atomic E-state index is 11.7. The zero-order chi connectivity index (χ0) is 14.4. The minimum absolute atomic E-state index is 0.0911. The molecular weight excluding hydrogens is 324 g/mol. The van der Waals surface area contributed by atoms with Gasteiger partial charge in [0.25, 0.3) is 0 Å². The number of anilines is 1. The summed E-state index contributed by atoms with van der Waals surface area (Å²) in [5, 5.41) is 2.76. The van der Waals surface area contributed by atoms with E-state index in [1.54, 1.807) is 6.07 Å². The van der Waals surface area contributed by atoms with Crippen molar-refractivity contribution in [2.75, 3.05) is 25.1 Å². The minimum Gasteiger partial charge on any atom is -0.378 e. The maximum Gasteiger partial charge on any atom is 0.227 e. The number of ether oxygens (including phenoxy) is 2. The standard InChI is InChI=1S/C14H19BrN2O3/c1-10-12(15)4-5-13(16-10)17-14(18)6-8-19-9-11-3-2-7-20-11/h4-5,11H,2-3,6-9H2,1H3,(H,16,17,18). The average Bonchev–Trinajstić information content (AvgIpc) is 2.92. The Morgan fingerprint density at radius 2 is 2.45 bits per heavy atom. The SMILES string of the molecule is Cc1nc(NC(=O)CCOCC2CCCO2)ccc1Br. The quantitative estimate of drug-likeness (QED) is 0.807. The molecular formula is C14H19BrN2O3. The van der Waals surface area contributed by atoms with Crippen LogP contribution in [0.4, 0.5) is 5.82 Å². The van der Waals surface area contributed by atoms with Crippen LogP contribution in [0.2, 0.25) is 0 Å². The van der Waals surface area contributed by atoms with Crippen molar-refractivity contribution in [1.29, 1.82) is 0 Å². The summed E-state index contributed by atoms with van der Waals surface area (Å²) >= 11 is 3.37. The van der Waals surface area contributed by atoms with Gasteiger partial charge in [0.2, 0.25) is 5.91 Å². The Labute approximate surface area is 127 Å². The highest BCUT2D eigenvalue weighted by Gasteiger charge is 2.15. The Bertz CT molecular complexity index is 462. The Kier molecular flexibility index (Phi) is 5.94. The molecule has 1 fully saturated rings. The van der Waals surface area contributed by atoms with Crippen molar-refractivity contribution in [1.82, 2.24) is 4.98 Å². The van der Waals surface area contributed by atoms with Gasteiger partial charge < -0.3 is 14.8 Å². The first-order valence-electron chi connectivity index (χ1n) is 6.77. The second-order valence-electron chi connectivity index (χ2n) is 4.77. The van der Waals surface area contributed by atoms with Gasteiger partial charge in [-0.25, -0.2) is 4.98 Å². The van der Waals surface area contributed by atoms with Gasteiger partial charge in [0.05, 0.1) is 31.4 Å². The lowest BCUT2D eigenvalue weighted by Crippen LogP contribution is -2.18. The van der Waals surface area contributed by atoms with Gasteiger partial charge in [0.1, 0.15) is 5.82 Å². The van der Waals surface area contributed by atoms with Crippen LogP contribution in [0.1, 0.15) is 25.0 Å². The molecule has 20 heavy (non-hydrogen) atoms. The molecule has 0 spiro atoms. The fraction of sp³-hybridized carbons (Fsp3) is 0.571. The summed E-state index contributed by atoms with van der Waals surface area (Å²) in [6, 6.07) is 3.63. The van der Waals surface area contributed by atoms with Gasteiger partial charge in [-0.2, -0.15) is 0 Å². The van der Waals surface area contributed by atoms with Crippen molar-refractivity contribution < 1.29 is 14.3 Å². The van der Waals surface area contributed by atoms with Crippen LogP contribution in [0.25, 0.3) is 0 Å². The molecule has 1 atom stereocenters. The number of aromatic nitrogens is 1. The first-order valence-corrected chi connectivity index (χ1v) is 7.57. The van der Waals surface area contributed by atoms with Gasteiger partial charge in [-0.1, -0.05) is 0 Å². The lowest BCUT2D eigenvalue weighted by molar-refractivity contribution is -0.117. The zero-order valence-electron chi connectivity index (χ0n) is 11.5. The molecule has 1 amide bonds. The number of nitrogens with one attached hydrogen (secondary N) is 1. The van der Waals surface area contributed by atoms with E-state index in [4.69, 9.17) is 9.47 Å². The molecule has 1 aliphatic rings. The van der Waals surface area contributed by atoms with E-state index in [9.17, 15) is 4.79 Å². The van der Waals surface area contributed by atoms with Crippen LogP contribution in [0.15, 0.2) is 16.6 Å². The molecule has 110 valence electrons. The molecule has 1 N–H and O–H groups in total.